The molecule has 2 nitrogen and oxygen atoms in total. The van der Waals surface area contributed by atoms with Crippen molar-refractivity contribution >= 4 is 5.78 Å². The zero-order chi connectivity index (χ0) is 12.1. The van der Waals surface area contributed by atoms with Crippen molar-refractivity contribution in [1.29, 1.82) is 0 Å². The third-order valence-corrected chi connectivity index (χ3v) is 2.96. The van der Waals surface area contributed by atoms with E-state index in [0.717, 1.165) is 12.2 Å². The van der Waals surface area contributed by atoms with E-state index in [1.54, 1.807) is 6.26 Å². The maximum absolute atomic E-state index is 12.0. The Bertz CT molecular complexity index is 457. The van der Waals surface area contributed by atoms with Crippen LogP contribution in [0.1, 0.15) is 30.6 Å². The van der Waals surface area contributed by atoms with Gasteiger partial charge >= 0.3 is 0 Å². The first kappa shape index (κ1) is 11.6. The summed E-state index contributed by atoms with van der Waals surface area (Å²) in [6.07, 6.45) is 2.97. The van der Waals surface area contributed by atoms with Crippen molar-refractivity contribution in [2.75, 3.05) is 0 Å². The lowest BCUT2D eigenvalue weighted by molar-refractivity contribution is -0.120. The van der Waals surface area contributed by atoms with Crippen LogP contribution >= 0.6 is 0 Å². The fourth-order valence-corrected chi connectivity index (χ4v) is 1.83. The summed E-state index contributed by atoms with van der Waals surface area (Å²) >= 11 is 0. The van der Waals surface area contributed by atoms with Gasteiger partial charge in [-0.05, 0) is 31.0 Å². The Morgan fingerprint density at radius 3 is 2.59 bits per heavy atom. The Morgan fingerprint density at radius 1 is 1.18 bits per heavy atom. The minimum atomic E-state index is -0.145. The molecule has 0 bridgehead atoms. The third kappa shape index (κ3) is 3.06. The molecule has 0 N–H and O–H groups in total. The summed E-state index contributed by atoms with van der Waals surface area (Å²) in [5.74, 6) is 0.834. The van der Waals surface area contributed by atoms with Crippen LogP contribution in [0, 0.1) is 0 Å². The highest BCUT2D eigenvalue weighted by Gasteiger charge is 2.17. The van der Waals surface area contributed by atoms with Crippen LogP contribution in [0.2, 0.25) is 0 Å². The number of aryl methyl sites for hydroxylation is 1. The lowest BCUT2D eigenvalue weighted by Crippen LogP contribution is -2.09. The molecule has 0 unspecified atom stereocenters. The van der Waals surface area contributed by atoms with E-state index in [4.69, 9.17) is 4.42 Å². The summed E-state index contributed by atoms with van der Waals surface area (Å²) in [6.45, 7) is 1.90. The SMILES string of the molecule is C[C@H](C(=O)CCc1ccccc1)c1ccco1. The van der Waals surface area contributed by atoms with Gasteiger partial charge < -0.3 is 4.42 Å². The summed E-state index contributed by atoms with van der Waals surface area (Å²) in [7, 11) is 0. The number of rotatable bonds is 5. The smallest absolute Gasteiger partial charge is 0.143 e. The van der Waals surface area contributed by atoms with Crippen molar-refractivity contribution < 1.29 is 9.21 Å². The van der Waals surface area contributed by atoms with Gasteiger partial charge in [-0.1, -0.05) is 30.3 Å². The fourth-order valence-electron chi connectivity index (χ4n) is 1.83. The van der Waals surface area contributed by atoms with E-state index in [-0.39, 0.29) is 11.7 Å². The normalized spacial score (nSPS) is 12.3. The van der Waals surface area contributed by atoms with Crippen LogP contribution in [0.4, 0.5) is 0 Å². The van der Waals surface area contributed by atoms with E-state index in [1.165, 1.54) is 5.56 Å². The average molecular weight is 228 g/mol. The molecule has 1 aromatic heterocycles. The van der Waals surface area contributed by atoms with Gasteiger partial charge in [-0.15, -0.1) is 0 Å². The van der Waals surface area contributed by atoms with E-state index in [1.807, 2.05) is 49.4 Å². The zero-order valence-electron chi connectivity index (χ0n) is 9.93. The molecule has 2 rings (SSSR count). The molecule has 1 atom stereocenters. The van der Waals surface area contributed by atoms with E-state index in [0.29, 0.717) is 6.42 Å². The van der Waals surface area contributed by atoms with Crippen molar-refractivity contribution in [2.45, 2.75) is 25.7 Å². The number of benzene rings is 1. The predicted molar refractivity (Wildman–Crippen MR) is 66.9 cm³/mol. The molecule has 0 saturated heterocycles. The molecular formula is C15H16O2. The van der Waals surface area contributed by atoms with Crippen LogP contribution in [0.5, 0.6) is 0 Å². The molecule has 0 aliphatic heterocycles. The summed E-state index contributed by atoms with van der Waals surface area (Å²) in [6, 6.07) is 13.7. The Morgan fingerprint density at radius 2 is 1.94 bits per heavy atom. The van der Waals surface area contributed by atoms with E-state index in [2.05, 4.69) is 0 Å². The molecule has 0 saturated carbocycles. The van der Waals surface area contributed by atoms with Crippen LogP contribution in [0.25, 0.3) is 0 Å². The molecular weight excluding hydrogens is 212 g/mol. The minimum Gasteiger partial charge on any atom is -0.469 e. The quantitative estimate of drug-likeness (QED) is 0.783. The van der Waals surface area contributed by atoms with E-state index < -0.39 is 0 Å². The van der Waals surface area contributed by atoms with Crippen molar-refractivity contribution in [2.24, 2.45) is 0 Å². The molecule has 88 valence electrons. The highest BCUT2D eigenvalue weighted by Crippen LogP contribution is 2.18. The number of carbonyl (C=O) groups is 1. The second-order valence-electron chi connectivity index (χ2n) is 4.19. The second kappa shape index (κ2) is 5.48. The van der Waals surface area contributed by atoms with Gasteiger partial charge in [0, 0.05) is 6.42 Å². The first-order chi connectivity index (χ1) is 8.27. The maximum atomic E-state index is 12.0. The van der Waals surface area contributed by atoms with Gasteiger partial charge in [-0.3, -0.25) is 4.79 Å². The summed E-state index contributed by atoms with van der Waals surface area (Å²) in [5, 5.41) is 0. The number of hydrogen-bond donors (Lipinski definition) is 0. The minimum absolute atomic E-state index is 0.145. The van der Waals surface area contributed by atoms with Crippen LogP contribution in [0.3, 0.4) is 0 Å². The molecule has 2 aromatic rings. The molecule has 2 heteroatoms. The largest absolute Gasteiger partial charge is 0.469 e. The fraction of sp³-hybridized carbons (Fsp3) is 0.267. The van der Waals surface area contributed by atoms with E-state index in [9.17, 15) is 4.79 Å². The molecule has 0 aliphatic carbocycles. The molecule has 0 fully saturated rings. The molecule has 0 spiro atoms. The Labute approximate surface area is 101 Å². The molecule has 17 heavy (non-hydrogen) atoms. The lowest BCUT2D eigenvalue weighted by atomic mass is 9.98. The Hall–Kier alpha value is -1.83. The van der Waals surface area contributed by atoms with Gasteiger partial charge in [-0.25, -0.2) is 0 Å². The van der Waals surface area contributed by atoms with Gasteiger partial charge in [0.05, 0.1) is 12.2 Å². The Balaban J connectivity index is 1.90. The van der Waals surface area contributed by atoms with Gasteiger partial charge in [0.2, 0.25) is 0 Å². The summed E-state index contributed by atoms with van der Waals surface area (Å²) in [4.78, 5) is 12.0. The first-order valence-corrected chi connectivity index (χ1v) is 5.87. The van der Waals surface area contributed by atoms with Crippen molar-refractivity contribution in [1.82, 2.24) is 0 Å². The third-order valence-electron chi connectivity index (χ3n) is 2.96. The van der Waals surface area contributed by atoms with Crippen LogP contribution in [-0.4, -0.2) is 5.78 Å². The number of Topliss-reactive ketones (excluding diaryl/α,β-unsaturated/α-hetero) is 1. The lowest BCUT2D eigenvalue weighted by Gasteiger charge is -2.07. The van der Waals surface area contributed by atoms with E-state index >= 15 is 0 Å². The second-order valence-corrected chi connectivity index (χ2v) is 4.19. The number of carbonyl (C=O) groups excluding carboxylic acids is 1. The number of furan rings is 1. The molecule has 0 radical (unpaired) electrons. The van der Waals surface area contributed by atoms with Crippen LogP contribution in [0.15, 0.2) is 53.1 Å². The topological polar surface area (TPSA) is 30.2 Å². The highest BCUT2D eigenvalue weighted by atomic mass is 16.3. The number of ketones is 1. The predicted octanol–water partition coefficient (Wildman–Crippen LogP) is 3.59. The van der Waals surface area contributed by atoms with Gasteiger partial charge in [0.1, 0.15) is 11.5 Å². The maximum Gasteiger partial charge on any atom is 0.143 e. The molecule has 0 aliphatic rings. The van der Waals surface area contributed by atoms with Crippen molar-refractivity contribution in [3.63, 3.8) is 0 Å². The first-order valence-electron chi connectivity index (χ1n) is 5.87. The highest BCUT2D eigenvalue weighted by molar-refractivity contribution is 5.84. The van der Waals surface area contributed by atoms with Crippen LogP contribution < -0.4 is 0 Å². The summed E-state index contributed by atoms with van der Waals surface area (Å²) in [5.41, 5.74) is 1.20. The average Bonchev–Trinajstić information content (AvgIpc) is 2.90. The zero-order valence-corrected chi connectivity index (χ0v) is 9.93. The van der Waals surface area contributed by atoms with Crippen molar-refractivity contribution in [3.8, 4) is 0 Å². The standard InChI is InChI=1S/C15H16O2/c1-12(15-8-5-11-17-15)14(16)10-9-13-6-3-2-4-7-13/h2-8,11-12H,9-10H2,1H3/t12-/m1/s1. The summed E-state index contributed by atoms with van der Waals surface area (Å²) < 4.78 is 5.25. The monoisotopic (exact) mass is 228 g/mol. The van der Waals surface area contributed by atoms with Gasteiger partial charge in [-0.2, -0.15) is 0 Å². The van der Waals surface area contributed by atoms with Crippen molar-refractivity contribution in [3.05, 3.63) is 60.1 Å². The molecule has 1 heterocycles. The molecule has 0 amide bonds. The number of hydrogen-bond acceptors (Lipinski definition) is 2. The Kier molecular flexibility index (Phi) is 3.76. The van der Waals surface area contributed by atoms with Gasteiger partial charge in [0.25, 0.3) is 0 Å². The molecule has 1 aromatic carbocycles. The van der Waals surface area contributed by atoms with Crippen LogP contribution in [-0.2, 0) is 11.2 Å². The van der Waals surface area contributed by atoms with Gasteiger partial charge in [0.15, 0.2) is 0 Å².